The molecule has 0 aliphatic carbocycles. The van der Waals surface area contributed by atoms with Gasteiger partial charge in [0.15, 0.2) is 6.61 Å². The molecule has 1 heterocycles. The fraction of sp³-hybridized carbons (Fsp3) is 0.214. The number of hydrogen-bond acceptors (Lipinski definition) is 4. The number of ether oxygens (including phenoxy) is 1. The van der Waals surface area contributed by atoms with Crippen LogP contribution >= 0.6 is 22.9 Å². The highest BCUT2D eigenvalue weighted by atomic mass is 35.5. The number of rotatable bonds is 6. The van der Waals surface area contributed by atoms with Gasteiger partial charge in [0.05, 0.1) is 5.02 Å². The number of halogens is 1. The molecule has 0 saturated carbocycles. The lowest BCUT2D eigenvalue weighted by Gasteiger charge is -2.08. The number of carbonyl (C=O) groups is 1. The fourth-order valence-electron chi connectivity index (χ4n) is 1.55. The zero-order valence-electron chi connectivity index (χ0n) is 11.0. The third-order valence-electron chi connectivity index (χ3n) is 2.57. The van der Waals surface area contributed by atoms with E-state index < -0.39 is 0 Å². The smallest absolute Gasteiger partial charge is 0.257 e. The number of likely N-dealkylation sites (N-methyl/N-ethyl adjacent to an activating group) is 1. The first-order chi connectivity index (χ1) is 9.67. The van der Waals surface area contributed by atoms with Crippen molar-refractivity contribution in [2.75, 3.05) is 19.0 Å². The molecule has 2 aromatic rings. The van der Waals surface area contributed by atoms with E-state index >= 15 is 0 Å². The van der Waals surface area contributed by atoms with Gasteiger partial charge in [-0.25, -0.2) is 0 Å². The Labute approximate surface area is 126 Å². The summed E-state index contributed by atoms with van der Waals surface area (Å²) in [7, 11) is 1.58. The molecule has 0 bridgehead atoms. The Bertz CT molecular complexity index is 586. The molecule has 0 atom stereocenters. The van der Waals surface area contributed by atoms with Gasteiger partial charge < -0.3 is 15.4 Å². The fourth-order valence-corrected chi connectivity index (χ4v) is 2.57. The van der Waals surface area contributed by atoms with E-state index in [0.29, 0.717) is 12.3 Å². The van der Waals surface area contributed by atoms with Gasteiger partial charge in [-0.05, 0) is 18.2 Å². The quantitative estimate of drug-likeness (QED) is 0.862. The first-order valence-electron chi connectivity index (χ1n) is 6.07. The Kier molecular flexibility index (Phi) is 5.26. The Balaban J connectivity index is 1.90. The molecule has 2 rings (SSSR count). The van der Waals surface area contributed by atoms with Crippen LogP contribution in [-0.2, 0) is 11.3 Å². The standard InChI is InChI=1S/C14H15ClN2O2S/c1-16-14(18)8-19-12-4-2-3-11(6-12)17-7-13-5-10(15)9-20-13/h2-6,9,17H,7-8H2,1H3,(H,16,18). The predicted molar refractivity (Wildman–Crippen MR) is 82.7 cm³/mol. The molecule has 0 spiro atoms. The molecule has 0 saturated heterocycles. The van der Waals surface area contributed by atoms with Crippen LogP contribution in [0.15, 0.2) is 35.7 Å². The van der Waals surface area contributed by atoms with Crippen molar-refractivity contribution < 1.29 is 9.53 Å². The lowest BCUT2D eigenvalue weighted by atomic mass is 10.3. The highest BCUT2D eigenvalue weighted by Gasteiger charge is 2.02. The summed E-state index contributed by atoms with van der Waals surface area (Å²) in [6, 6.07) is 9.43. The molecular weight excluding hydrogens is 296 g/mol. The minimum absolute atomic E-state index is 0.0144. The number of anilines is 1. The molecule has 2 N–H and O–H groups in total. The lowest BCUT2D eigenvalue weighted by Crippen LogP contribution is -2.24. The first kappa shape index (κ1) is 14.7. The average molecular weight is 311 g/mol. The van der Waals surface area contributed by atoms with E-state index in [0.717, 1.165) is 15.6 Å². The average Bonchev–Trinajstić information content (AvgIpc) is 2.88. The second kappa shape index (κ2) is 7.17. The van der Waals surface area contributed by atoms with Gasteiger partial charge in [-0.1, -0.05) is 17.7 Å². The Morgan fingerprint density at radius 2 is 2.25 bits per heavy atom. The highest BCUT2D eigenvalue weighted by Crippen LogP contribution is 2.22. The molecular formula is C14H15ClN2O2S. The van der Waals surface area contributed by atoms with E-state index in [9.17, 15) is 4.79 Å². The summed E-state index contributed by atoms with van der Waals surface area (Å²) in [6.07, 6.45) is 0. The molecule has 0 fully saturated rings. The maximum Gasteiger partial charge on any atom is 0.257 e. The van der Waals surface area contributed by atoms with Crippen molar-refractivity contribution in [1.82, 2.24) is 5.32 Å². The maximum absolute atomic E-state index is 11.1. The molecule has 1 aromatic heterocycles. The normalized spacial score (nSPS) is 10.1. The van der Waals surface area contributed by atoms with Gasteiger partial charge in [-0.3, -0.25) is 4.79 Å². The molecule has 0 radical (unpaired) electrons. The van der Waals surface area contributed by atoms with Crippen LogP contribution in [0.25, 0.3) is 0 Å². The molecule has 0 aliphatic rings. The highest BCUT2D eigenvalue weighted by molar-refractivity contribution is 7.10. The van der Waals surface area contributed by atoms with Crippen LogP contribution in [0.3, 0.4) is 0 Å². The van der Waals surface area contributed by atoms with E-state index in [1.54, 1.807) is 18.4 Å². The third kappa shape index (κ3) is 4.43. The van der Waals surface area contributed by atoms with Gasteiger partial charge in [0.25, 0.3) is 5.91 Å². The first-order valence-corrected chi connectivity index (χ1v) is 7.33. The van der Waals surface area contributed by atoms with Crippen LogP contribution in [0.1, 0.15) is 4.88 Å². The minimum atomic E-state index is -0.156. The Morgan fingerprint density at radius 3 is 2.95 bits per heavy atom. The SMILES string of the molecule is CNC(=O)COc1cccc(NCc2cc(Cl)cs2)c1. The van der Waals surface area contributed by atoms with Crippen LogP contribution in [-0.4, -0.2) is 19.6 Å². The summed E-state index contributed by atoms with van der Waals surface area (Å²) in [6.45, 7) is 0.719. The predicted octanol–water partition coefficient (Wildman–Crippen LogP) is 3.14. The third-order valence-corrected chi connectivity index (χ3v) is 3.86. The van der Waals surface area contributed by atoms with Crippen molar-refractivity contribution in [2.45, 2.75) is 6.54 Å². The molecule has 106 valence electrons. The topological polar surface area (TPSA) is 50.4 Å². The number of benzene rings is 1. The van der Waals surface area contributed by atoms with E-state index in [-0.39, 0.29) is 12.5 Å². The van der Waals surface area contributed by atoms with Gasteiger partial charge in [-0.2, -0.15) is 0 Å². The van der Waals surface area contributed by atoms with Gasteiger partial charge in [0.1, 0.15) is 5.75 Å². The number of nitrogens with one attached hydrogen (secondary N) is 2. The summed E-state index contributed by atoms with van der Waals surface area (Å²) in [5.74, 6) is 0.499. The van der Waals surface area contributed by atoms with Gasteiger partial charge in [0, 0.05) is 35.6 Å². The van der Waals surface area contributed by atoms with Crippen molar-refractivity contribution in [3.8, 4) is 5.75 Å². The van der Waals surface area contributed by atoms with Crippen LogP contribution in [0, 0.1) is 0 Å². The van der Waals surface area contributed by atoms with Gasteiger partial charge in [-0.15, -0.1) is 11.3 Å². The van der Waals surface area contributed by atoms with E-state index in [2.05, 4.69) is 10.6 Å². The van der Waals surface area contributed by atoms with E-state index in [1.807, 2.05) is 35.7 Å². The van der Waals surface area contributed by atoms with Crippen molar-refractivity contribution >= 4 is 34.5 Å². The van der Waals surface area contributed by atoms with Crippen molar-refractivity contribution in [3.05, 3.63) is 45.6 Å². The van der Waals surface area contributed by atoms with Crippen molar-refractivity contribution in [1.29, 1.82) is 0 Å². The molecule has 1 amide bonds. The summed E-state index contributed by atoms with van der Waals surface area (Å²) in [5.41, 5.74) is 0.934. The molecule has 20 heavy (non-hydrogen) atoms. The second-order valence-corrected chi connectivity index (χ2v) is 5.51. The molecule has 0 unspecified atom stereocenters. The summed E-state index contributed by atoms with van der Waals surface area (Å²) in [5, 5.41) is 8.46. The van der Waals surface area contributed by atoms with Crippen molar-refractivity contribution in [2.24, 2.45) is 0 Å². The Hall–Kier alpha value is -1.72. The number of hydrogen-bond donors (Lipinski definition) is 2. The largest absolute Gasteiger partial charge is 0.484 e. The Morgan fingerprint density at radius 1 is 1.40 bits per heavy atom. The summed E-state index contributed by atoms with van der Waals surface area (Å²) >= 11 is 7.49. The van der Waals surface area contributed by atoms with Crippen LogP contribution in [0.2, 0.25) is 5.02 Å². The monoisotopic (exact) mass is 310 g/mol. The molecule has 6 heteroatoms. The van der Waals surface area contributed by atoms with Crippen molar-refractivity contribution in [3.63, 3.8) is 0 Å². The number of carbonyl (C=O) groups excluding carboxylic acids is 1. The van der Waals surface area contributed by atoms with Gasteiger partial charge in [0.2, 0.25) is 0 Å². The second-order valence-electron chi connectivity index (χ2n) is 4.07. The maximum atomic E-state index is 11.1. The lowest BCUT2D eigenvalue weighted by molar-refractivity contribution is -0.122. The van der Waals surface area contributed by atoms with Crippen LogP contribution in [0.5, 0.6) is 5.75 Å². The van der Waals surface area contributed by atoms with E-state index in [4.69, 9.17) is 16.3 Å². The molecule has 0 aliphatic heterocycles. The molecule has 1 aromatic carbocycles. The minimum Gasteiger partial charge on any atom is -0.484 e. The summed E-state index contributed by atoms with van der Waals surface area (Å²) in [4.78, 5) is 12.3. The van der Waals surface area contributed by atoms with Gasteiger partial charge >= 0.3 is 0 Å². The van der Waals surface area contributed by atoms with E-state index in [1.165, 1.54) is 0 Å². The van der Waals surface area contributed by atoms with Crippen LogP contribution < -0.4 is 15.4 Å². The van der Waals surface area contributed by atoms with Crippen LogP contribution in [0.4, 0.5) is 5.69 Å². The molecule has 4 nitrogen and oxygen atoms in total. The number of thiophene rings is 1. The zero-order valence-corrected chi connectivity index (χ0v) is 12.6. The zero-order chi connectivity index (χ0) is 14.4. The summed E-state index contributed by atoms with van der Waals surface area (Å²) < 4.78 is 5.38. The number of amides is 1.